The van der Waals surface area contributed by atoms with Gasteiger partial charge in [-0.3, -0.25) is 0 Å². The summed E-state index contributed by atoms with van der Waals surface area (Å²) in [7, 11) is 0. The highest BCUT2D eigenvalue weighted by molar-refractivity contribution is 5.29. The number of hydrogen-bond acceptors (Lipinski definition) is 1. The standard InChI is InChI=1S/C15H23F2N/c1-5-18-15(4,14(16)17)13-8-6-12(7-9-13)10-11(2)3/h6-9,11,14,18H,5,10H2,1-4H3. The van der Waals surface area contributed by atoms with E-state index in [2.05, 4.69) is 19.2 Å². The van der Waals surface area contributed by atoms with Crippen LogP contribution in [0.3, 0.4) is 0 Å². The highest BCUT2D eigenvalue weighted by atomic mass is 19.3. The van der Waals surface area contributed by atoms with Crippen molar-refractivity contribution in [2.75, 3.05) is 6.54 Å². The summed E-state index contributed by atoms with van der Waals surface area (Å²) in [5, 5.41) is 2.88. The van der Waals surface area contributed by atoms with Gasteiger partial charge in [-0.2, -0.15) is 0 Å². The molecule has 0 saturated heterocycles. The van der Waals surface area contributed by atoms with E-state index < -0.39 is 12.0 Å². The Morgan fingerprint density at radius 3 is 2.11 bits per heavy atom. The number of nitrogens with one attached hydrogen (secondary N) is 1. The Hall–Kier alpha value is -0.960. The minimum Gasteiger partial charge on any atom is -0.303 e. The van der Waals surface area contributed by atoms with Gasteiger partial charge in [0.15, 0.2) is 0 Å². The summed E-state index contributed by atoms with van der Waals surface area (Å²) in [6.07, 6.45) is -1.44. The van der Waals surface area contributed by atoms with Crippen LogP contribution in [0, 0.1) is 5.92 Å². The molecule has 0 aliphatic carbocycles. The van der Waals surface area contributed by atoms with E-state index in [-0.39, 0.29) is 0 Å². The fourth-order valence-corrected chi connectivity index (χ4v) is 2.13. The van der Waals surface area contributed by atoms with Crippen LogP contribution in [0.2, 0.25) is 0 Å². The number of alkyl halides is 2. The third-order valence-corrected chi connectivity index (χ3v) is 3.18. The van der Waals surface area contributed by atoms with Crippen LogP contribution in [-0.2, 0) is 12.0 Å². The van der Waals surface area contributed by atoms with Crippen molar-refractivity contribution in [1.29, 1.82) is 0 Å². The highest BCUT2D eigenvalue weighted by Gasteiger charge is 2.35. The second-order valence-corrected chi connectivity index (χ2v) is 5.33. The van der Waals surface area contributed by atoms with E-state index in [1.807, 2.05) is 31.2 Å². The zero-order valence-corrected chi connectivity index (χ0v) is 11.6. The largest absolute Gasteiger partial charge is 0.303 e. The van der Waals surface area contributed by atoms with Gasteiger partial charge in [0, 0.05) is 0 Å². The molecule has 1 N–H and O–H groups in total. The van der Waals surface area contributed by atoms with Crippen molar-refractivity contribution < 1.29 is 8.78 Å². The molecule has 0 fully saturated rings. The Balaban J connectivity index is 2.94. The molecule has 102 valence electrons. The van der Waals surface area contributed by atoms with E-state index in [1.165, 1.54) is 5.56 Å². The molecule has 0 aromatic heterocycles. The molecule has 0 spiro atoms. The molecular formula is C15H23F2N. The van der Waals surface area contributed by atoms with E-state index in [9.17, 15) is 8.78 Å². The van der Waals surface area contributed by atoms with Crippen LogP contribution in [0.4, 0.5) is 8.78 Å². The third-order valence-electron chi connectivity index (χ3n) is 3.18. The summed E-state index contributed by atoms with van der Waals surface area (Å²) in [5.41, 5.74) is 0.583. The summed E-state index contributed by atoms with van der Waals surface area (Å²) < 4.78 is 26.4. The Morgan fingerprint density at radius 2 is 1.72 bits per heavy atom. The molecule has 0 amide bonds. The average Bonchev–Trinajstić information content (AvgIpc) is 2.29. The van der Waals surface area contributed by atoms with Crippen molar-refractivity contribution in [2.24, 2.45) is 5.92 Å². The summed E-state index contributed by atoms with van der Waals surface area (Å²) in [6, 6.07) is 7.53. The predicted molar refractivity (Wildman–Crippen MR) is 72.0 cm³/mol. The zero-order chi connectivity index (χ0) is 13.8. The van der Waals surface area contributed by atoms with Gasteiger partial charge in [-0.1, -0.05) is 45.0 Å². The minimum atomic E-state index is -2.42. The summed E-state index contributed by atoms with van der Waals surface area (Å²) in [5.74, 6) is 0.575. The van der Waals surface area contributed by atoms with Gasteiger partial charge >= 0.3 is 0 Å². The number of hydrogen-bond donors (Lipinski definition) is 1. The maximum absolute atomic E-state index is 13.2. The first kappa shape index (κ1) is 15.1. The normalized spacial score (nSPS) is 15.1. The van der Waals surface area contributed by atoms with Gasteiger partial charge in [-0.15, -0.1) is 0 Å². The fourth-order valence-electron chi connectivity index (χ4n) is 2.13. The zero-order valence-electron chi connectivity index (χ0n) is 11.6. The maximum atomic E-state index is 13.2. The van der Waals surface area contributed by atoms with Crippen LogP contribution in [-0.4, -0.2) is 13.0 Å². The van der Waals surface area contributed by atoms with Crippen LogP contribution in [0.1, 0.15) is 38.8 Å². The number of halogens is 2. The molecule has 0 bridgehead atoms. The SMILES string of the molecule is CCNC(C)(c1ccc(CC(C)C)cc1)C(F)F. The molecule has 1 atom stereocenters. The van der Waals surface area contributed by atoms with E-state index in [4.69, 9.17) is 0 Å². The first-order chi connectivity index (χ1) is 8.40. The molecule has 1 aromatic rings. The lowest BCUT2D eigenvalue weighted by molar-refractivity contribution is 0.0394. The van der Waals surface area contributed by atoms with Crippen molar-refractivity contribution in [3.8, 4) is 0 Å². The molecule has 18 heavy (non-hydrogen) atoms. The van der Waals surface area contributed by atoms with Gasteiger partial charge in [-0.05, 0) is 36.9 Å². The van der Waals surface area contributed by atoms with Gasteiger partial charge in [-0.25, -0.2) is 8.78 Å². The molecular weight excluding hydrogens is 232 g/mol. The smallest absolute Gasteiger partial charge is 0.260 e. The van der Waals surface area contributed by atoms with E-state index in [0.717, 1.165) is 6.42 Å². The maximum Gasteiger partial charge on any atom is 0.260 e. The Morgan fingerprint density at radius 1 is 1.17 bits per heavy atom. The lowest BCUT2D eigenvalue weighted by Gasteiger charge is -2.30. The van der Waals surface area contributed by atoms with Crippen LogP contribution in [0.5, 0.6) is 0 Å². The molecule has 1 rings (SSSR count). The lowest BCUT2D eigenvalue weighted by Crippen LogP contribution is -2.45. The van der Waals surface area contributed by atoms with E-state index >= 15 is 0 Å². The van der Waals surface area contributed by atoms with Gasteiger partial charge in [0.25, 0.3) is 6.43 Å². The van der Waals surface area contributed by atoms with Crippen molar-refractivity contribution in [3.63, 3.8) is 0 Å². The topological polar surface area (TPSA) is 12.0 Å². The highest BCUT2D eigenvalue weighted by Crippen LogP contribution is 2.28. The second-order valence-electron chi connectivity index (χ2n) is 5.33. The van der Waals surface area contributed by atoms with Crippen LogP contribution in [0.25, 0.3) is 0 Å². The quantitative estimate of drug-likeness (QED) is 0.811. The first-order valence-electron chi connectivity index (χ1n) is 6.52. The Bertz CT molecular complexity index is 359. The molecule has 0 saturated carbocycles. The van der Waals surface area contributed by atoms with Gasteiger partial charge in [0.1, 0.15) is 5.54 Å². The summed E-state index contributed by atoms with van der Waals surface area (Å²) >= 11 is 0. The third kappa shape index (κ3) is 3.52. The predicted octanol–water partition coefficient (Wildman–Crippen LogP) is 3.97. The average molecular weight is 255 g/mol. The summed E-state index contributed by atoms with van der Waals surface area (Å²) in [4.78, 5) is 0. The second kappa shape index (κ2) is 6.28. The van der Waals surface area contributed by atoms with Crippen molar-refractivity contribution >= 4 is 0 Å². The monoisotopic (exact) mass is 255 g/mol. The van der Waals surface area contributed by atoms with Gasteiger partial charge < -0.3 is 5.32 Å². The van der Waals surface area contributed by atoms with E-state index in [0.29, 0.717) is 18.0 Å². The Labute approximate surface area is 109 Å². The first-order valence-corrected chi connectivity index (χ1v) is 6.52. The Kier molecular flexibility index (Phi) is 5.27. The van der Waals surface area contributed by atoms with Crippen LogP contribution < -0.4 is 5.32 Å². The molecule has 0 aliphatic heterocycles. The fraction of sp³-hybridized carbons (Fsp3) is 0.600. The molecule has 0 radical (unpaired) electrons. The van der Waals surface area contributed by atoms with Crippen LogP contribution >= 0.6 is 0 Å². The van der Waals surface area contributed by atoms with Crippen molar-refractivity contribution in [3.05, 3.63) is 35.4 Å². The van der Waals surface area contributed by atoms with Gasteiger partial charge in [0.05, 0.1) is 0 Å². The number of benzene rings is 1. The minimum absolute atomic E-state index is 0.522. The van der Waals surface area contributed by atoms with Crippen molar-refractivity contribution in [1.82, 2.24) is 5.32 Å². The molecule has 0 heterocycles. The van der Waals surface area contributed by atoms with Gasteiger partial charge in [0.2, 0.25) is 0 Å². The molecule has 1 nitrogen and oxygen atoms in total. The molecule has 1 unspecified atom stereocenters. The molecule has 3 heteroatoms. The van der Waals surface area contributed by atoms with Crippen LogP contribution in [0.15, 0.2) is 24.3 Å². The number of rotatable bonds is 6. The van der Waals surface area contributed by atoms with Crippen molar-refractivity contribution in [2.45, 2.75) is 46.1 Å². The summed E-state index contributed by atoms with van der Waals surface area (Å²) in [6.45, 7) is 8.21. The lowest BCUT2D eigenvalue weighted by atomic mass is 9.90. The van der Waals surface area contributed by atoms with E-state index in [1.54, 1.807) is 6.92 Å². The molecule has 1 aromatic carbocycles. The molecule has 0 aliphatic rings.